The van der Waals surface area contributed by atoms with Crippen LogP contribution in [-0.2, 0) is 9.59 Å². The number of rotatable bonds is 2. The first-order valence-electron chi connectivity index (χ1n) is 3.60. The van der Waals surface area contributed by atoms with E-state index in [4.69, 9.17) is 5.11 Å². The van der Waals surface area contributed by atoms with Crippen LogP contribution in [0.1, 0.15) is 13.8 Å². The summed E-state index contributed by atoms with van der Waals surface area (Å²) >= 11 is 0. The maximum Gasteiger partial charge on any atom is 0.337 e. The molecule has 0 unspecified atom stereocenters. The molecule has 0 fully saturated rings. The van der Waals surface area contributed by atoms with Gasteiger partial charge in [-0.05, 0) is 5.92 Å². The normalized spacial score (nSPS) is 16.4. The van der Waals surface area contributed by atoms with Crippen molar-refractivity contribution in [1.82, 2.24) is 0 Å². The van der Waals surface area contributed by atoms with Gasteiger partial charge in [-0.2, -0.15) is 0 Å². The third-order valence-corrected chi connectivity index (χ3v) is 1.64. The van der Waals surface area contributed by atoms with Crippen molar-refractivity contribution in [3.05, 3.63) is 11.1 Å². The van der Waals surface area contributed by atoms with Gasteiger partial charge in [0.1, 0.15) is 0 Å². The molecule has 0 aromatic heterocycles. The summed E-state index contributed by atoms with van der Waals surface area (Å²) in [6, 6.07) is 0. The number of aliphatic carboxylic acids is 1. The molecule has 1 N–H and O–H groups in total. The van der Waals surface area contributed by atoms with Gasteiger partial charge in [-0.3, -0.25) is 4.79 Å². The summed E-state index contributed by atoms with van der Waals surface area (Å²) in [4.78, 5) is 25.0. The van der Waals surface area contributed by atoms with E-state index in [1.807, 2.05) is 0 Å². The number of amides is 1. The minimum Gasteiger partial charge on any atom is -0.478 e. The highest BCUT2D eigenvalue weighted by Gasteiger charge is 2.25. The van der Waals surface area contributed by atoms with E-state index in [-0.39, 0.29) is 11.5 Å². The van der Waals surface area contributed by atoms with Crippen molar-refractivity contribution in [3.8, 4) is 0 Å². The van der Waals surface area contributed by atoms with Gasteiger partial charge in [0.2, 0.25) is 0 Å². The quantitative estimate of drug-likeness (QED) is 0.656. The van der Waals surface area contributed by atoms with E-state index in [1.54, 1.807) is 13.8 Å². The third-order valence-electron chi connectivity index (χ3n) is 1.64. The predicted molar refractivity (Wildman–Crippen MR) is 43.0 cm³/mol. The van der Waals surface area contributed by atoms with Gasteiger partial charge >= 0.3 is 5.97 Å². The average Bonchev–Trinajstić information content (AvgIpc) is 2.30. The van der Waals surface area contributed by atoms with Crippen molar-refractivity contribution < 1.29 is 14.7 Å². The molecule has 0 radical (unpaired) electrons. The van der Waals surface area contributed by atoms with E-state index in [1.165, 1.54) is 0 Å². The summed E-state index contributed by atoms with van der Waals surface area (Å²) < 4.78 is 0. The Morgan fingerprint density at radius 2 is 2.17 bits per heavy atom. The molecule has 1 aliphatic rings. The summed E-state index contributed by atoms with van der Waals surface area (Å²) in [6.45, 7) is 3.54. The molecule has 1 heterocycles. The van der Waals surface area contributed by atoms with Gasteiger partial charge in [-0.1, -0.05) is 13.8 Å². The number of hydrogen-bond acceptors (Lipinski definition) is 2. The van der Waals surface area contributed by atoms with E-state index in [0.717, 1.165) is 6.21 Å². The van der Waals surface area contributed by atoms with Gasteiger partial charge in [0.15, 0.2) is 0 Å². The molecule has 0 saturated carbocycles. The second-order valence-electron chi connectivity index (χ2n) is 2.85. The predicted octanol–water partition coefficient (Wildman–Crippen LogP) is 0.635. The standard InChI is InChI=1S/C8H9NO3/c1-4(2)6-5(8(11)12)3-9-7(6)10/h3-4H,1-2H3,(H,11,12). The van der Waals surface area contributed by atoms with Crippen molar-refractivity contribution in [3.63, 3.8) is 0 Å². The molecule has 4 heteroatoms. The van der Waals surface area contributed by atoms with Crippen LogP contribution in [0.15, 0.2) is 16.1 Å². The Bertz CT molecular complexity index is 299. The highest BCUT2D eigenvalue weighted by atomic mass is 16.4. The minimum absolute atomic E-state index is 0.0231. The third kappa shape index (κ3) is 1.28. The van der Waals surface area contributed by atoms with E-state index in [2.05, 4.69) is 4.99 Å². The largest absolute Gasteiger partial charge is 0.478 e. The van der Waals surface area contributed by atoms with Gasteiger partial charge in [0.05, 0.1) is 5.57 Å². The van der Waals surface area contributed by atoms with Crippen molar-refractivity contribution in [2.45, 2.75) is 13.8 Å². The van der Waals surface area contributed by atoms with Crippen molar-refractivity contribution in [2.24, 2.45) is 10.9 Å². The molecule has 12 heavy (non-hydrogen) atoms. The lowest BCUT2D eigenvalue weighted by molar-refractivity contribution is -0.132. The zero-order chi connectivity index (χ0) is 9.30. The molecule has 0 atom stereocenters. The van der Waals surface area contributed by atoms with Crippen LogP contribution in [0, 0.1) is 5.92 Å². The zero-order valence-electron chi connectivity index (χ0n) is 6.87. The number of nitrogens with zero attached hydrogens (tertiary/aromatic N) is 1. The Morgan fingerprint density at radius 1 is 1.58 bits per heavy atom. The fraction of sp³-hybridized carbons (Fsp3) is 0.375. The summed E-state index contributed by atoms with van der Waals surface area (Å²) in [5.74, 6) is -1.61. The molecule has 64 valence electrons. The van der Waals surface area contributed by atoms with Crippen LogP contribution in [0.2, 0.25) is 0 Å². The first-order chi connectivity index (χ1) is 5.54. The maximum absolute atomic E-state index is 11.0. The number of aliphatic imine (C=N–C) groups is 1. The Kier molecular flexibility index (Phi) is 2.08. The number of hydrogen-bond donors (Lipinski definition) is 1. The van der Waals surface area contributed by atoms with E-state index in [9.17, 15) is 9.59 Å². The number of carboxylic acids is 1. The Morgan fingerprint density at radius 3 is 2.50 bits per heavy atom. The summed E-state index contributed by atoms with van der Waals surface area (Å²) in [5.41, 5.74) is 0.317. The van der Waals surface area contributed by atoms with Crippen molar-refractivity contribution in [1.29, 1.82) is 0 Å². The van der Waals surface area contributed by atoms with E-state index >= 15 is 0 Å². The molecular weight excluding hydrogens is 158 g/mol. The number of carbonyl (C=O) groups is 2. The van der Waals surface area contributed by atoms with Crippen LogP contribution < -0.4 is 0 Å². The van der Waals surface area contributed by atoms with Gasteiger partial charge in [0, 0.05) is 11.8 Å². The summed E-state index contributed by atoms with van der Waals surface area (Å²) in [5, 5.41) is 8.65. The summed E-state index contributed by atoms with van der Waals surface area (Å²) in [7, 11) is 0. The van der Waals surface area contributed by atoms with Crippen LogP contribution in [0.25, 0.3) is 0 Å². The molecule has 0 aromatic carbocycles. The second kappa shape index (κ2) is 2.89. The molecule has 4 nitrogen and oxygen atoms in total. The van der Waals surface area contributed by atoms with Gasteiger partial charge < -0.3 is 5.11 Å². The van der Waals surface area contributed by atoms with Gasteiger partial charge in [0.25, 0.3) is 5.91 Å². The Balaban J connectivity index is 3.13. The fourth-order valence-corrected chi connectivity index (χ4v) is 1.11. The molecule has 1 amide bonds. The molecule has 0 aromatic rings. The number of carboxylic acid groups (broad SMARTS) is 1. The topological polar surface area (TPSA) is 66.7 Å². The Hall–Kier alpha value is -1.45. The average molecular weight is 167 g/mol. The maximum atomic E-state index is 11.0. The molecule has 0 aliphatic carbocycles. The molecular formula is C8H9NO3. The van der Waals surface area contributed by atoms with Crippen LogP contribution in [0.5, 0.6) is 0 Å². The lowest BCUT2D eigenvalue weighted by Crippen LogP contribution is -2.09. The molecule has 1 aliphatic heterocycles. The first-order valence-corrected chi connectivity index (χ1v) is 3.60. The molecule has 0 spiro atoms. The lowest BCUT2D eigenvalue weighted by Gasteiger charge is -2.03. The van der Waals surface area contributed by atoms with E-state index in [0.29, 0.717) is 5.57 Å². The highest BCUT2D eigenvalue weighted by Crippen LogP contribution is 2.20. The minimum atomic E-state index is -1.09. The first kappa shape index (κ1) is 8.64. The molecule has 0 bridgehead atoms. The number of carbonyl (C=O) groups excluding carboxylic acids is 1. The SMILES string of the molecule is CC(C)C1=C(C(=O)O)C=NC1=O. The fourth-order valence-electron chi connectivity index (χ4n) is 1.11. The van der Waals surface area contributed by atoms with Gasteiger partial charge in [-0.15, -0.1) is 0 Å². The smallest absolute Gasteiger partial charge is 0.337 e. The van der Waals surface area contributed by atoms with Crippen molar-refractivity contribution in [2.75, 3.05) is 0 Å². The molecule has 1 rings (SSSR count). The van der Waals surface area contributed by atoms with Crippen LogP contribution in [0.3, 0.4) is 0 Å². The lowest BCUT2D eigenvalue weighted by atomic mass is 9.99. The monoisotopic (exact) mass is 167 g/mol. The van der Waals surface area contributed by atoms with E-state index < -0.39 is 11.9 Å². The summed E-state index contributed by atoms with van der Waals surface area (Å²) in [6.07, 6.45) is 1.11. The van der Waals surface area contributed by atoms with Gasteiger partial charge in [-0.25, -0.2) is 9.79 Å². The van der Waals surface area contributed by atoms with Crippen LogP contribution in [-0.4, -0.2) is 23.2 Å². The second-order valence-corrected chi connectivity index (χ2v) is 2.85. The highest BCUT2D eigenvalue weighted by molar-refractivity contribution is 6.22. The molecule has 0 saturated heterocycles. The van der Waals surface area contributed by atoms with Crippen LogP contribution >= 0.6 is 0 Å². The Labute approximate surface area is 69.6 Å². The van der Waals surface area contributed by atoms with Crippen molar-refractivity contribution >= 4 is 18.1 Å². The van der Waals surface area contributed by atoms with Crippen LogP contribution in [0.4, 0.5) is 0 Å². The zero-order valence-corrected chi connectivity index (χ0v) is 6.87.